The highest BCUT2D eigenvalue weighted by Gasteiger charge is 2.28. The molecule has 4 nitrogen and oxygen atoms in total. The Morgan fingerprint density at radius 3 is 1.62 bits per heavy atom. The Morgan fingerprint density at radius 2 is 1.23 bits per heavy atom. The van der Waals surface area contributed by atoms with Crippen molar-refractivity contribution >= 4 is 11.8 Å². The standard InChI is InChI=1S/C22H26O4/c1-21(2,3)16-11-13(12-17(19(16)24)22(4,5)6)18(23)14-9-7-8-10-15(14)20(25)26/h7-12,24H,1-6H3,(H,25,26). The van der Waals surface area contributed by atoms with Crippen molar-refractivity contribution < 1.29 is 19.8 Å². The normalized spacial score (nSPS) is 12.1. The lowest BCUT2D eigenvalue weighted by Crippen LogP contribution is -2.19. The minimum atomic E-state index is -1.14. The summed E-state index contributed by atoms with van der Waals surface area (Å²) in [6.07, 6.45) is 0. The maximum atomic E-state index is 13.1. The second kappa shape index (κ2) is 6.60. The Kier molecular flexibility index (Phi) is 5.00. The Labute approximate surface area is 154 Å². The van der Waals surface area contributed by atoms with E-state index in [0.29, 0.717) is 16.7 Å². The van der Waals surface area contributed by atoms with Gasteiger partial charge in [-0.2, -0.15) is 0 Å². The molecular weight excluding hydrogens is 328 g/mol. The van der Waals surface area contributed by atoms with Gasteiger partial charge in [-0.1, -0.05) is 59.7 Å². The first-order valence-electron chi connectivity index (χ1n) is 8.59. The lowest BCUT2D eigenvalue weighted by atomic mass is 9.77. The molecule has 2 rings (SSSR count). The van der Waals surface area contributed by atoms with E-state index >= 15 is 0 Å². The van der Waals surface area contributed by atoms with Crippen LogP contribution >= 0.6 is 0 Å². The fourth-order valence-corrected chi connectivity index (χ4v) is 2.93. The summed E-state index contributed by atoms with van der Waals surface area (Å²) in [5.74, 6) is -1.31. The Hall–Kier alpha value is -2.62. The molecule has 0 aliphatic carbocycles. The van der Waals surface area contributed by atoms with E-state index in [1.54, 1.807) is 24.3 Å². The molecule has 0 unspecified atom stereocenters. The molecule has 2 aromatic carbocycles. The van der Waals surface area contributed by atoms with Crippen LogP contribution in [0.1, 0.15) is 78.9 Å². The van der Waals surface area contributed by atoms with Crippen LogP contribution in [-0.4, -0.2) is 22.0 Å². The Morgan fingerprint density at radius 1 is 0.808 bits per heavy atom. The molecule has 0 amide bonds. The van der Waals surface area contributed by atoms with Crippen LogP contribution in [-0.2, 0) is 10.8 Å². The van der Waals surface area contributed by atoms with E-state index in [-0.39, 0.29) is 33.5 Å². The van der Waals surface area contributed by atoms with Gasteiger partial charge >= 0.3 is 5.97 Å². The molecule has 0 radical (unpaired) electrons. The van der Waals surface area contributed by atoms with Crippen molar-refractivity contribution in [2.75, 3.05) is 0 Å². The van der Waals surface area contributed by atoms with E-state index in [1.165, 1.54) is 12.1 Å². The van der Waals surface area contributed by atoms with Gasteiger partial charge < -0.3 is 10.2 Å². The van der Waals surface area contributed by atoms with Crippen molar-refractivity contribution in [1.82, 2.24) is 0 Å². The number of carbonyl (C=O) groups is 2. The molecule has 0 aliphatic rings. The number of rotatable bonds is 3. The van der Waals surface area contributed by atoms with Crippen molar-refractivity contribution in [3.05, 3.63) is 64.2 Å². The van der Waals surface area contributed by atoms with Gasteiger partial charge in [-0.3, -0.25) is 4.79 Å². The number of hydrogen-bond donors (Lipinski definition) is 2. The first-order chi connectivity index (χ1) is 11.8. The largest absolute Gasteiger partial charge is 0.507 e. The maximum absolute atomic E-state index is 13.1. The first kappa shape index (κ1) is 19.7. The molecule has 0 saturated heterocycles. The van der Waals surface area contributed by atoms with E-state index in [2.05, 4.69) is 0 Å². The molecule has 0 aliphatic heterocycles. The molecule has 26 heavy (non-hydrogen) atoms. The smallest absolute Gasteiger partial charge is 0.336 e. The van der Waals surface area contributed by atoms with Gasteiger partial charge in [0, 0.05) is 22.3 Å². The van der Waals surface area contributed by atoms with Gasteiger partial charge in [0.25, 0.3) is 0 Å². The molecule has 2 aromatic rings. The lowest BCUT2D eigenvalue weighted by Gasteiger charge is -2.28. The molecule has 0 aromatic heterocycles. The lowest BCUT2D eigenvalue weighted by molar-refractivity contribution is 0.0692. The third-order valence-electron chi connectivity index (χ3n) is 4.39. The number of phenols is 1. The summed E-state index contributed by atoms with van der Waals surface area (Å²) in [6, 6.07) is 9.53. The number of benzene rings is 2. The summed E-state index contributed by atoms with van der Waals surface area (Å²) in [7, 11) is 0. The van der Waals surface area contributed by atoms with Crippen molar-refractivity contribution in [3.63, 3.8) is 0 Å². The monoisotopic (exact) mass is 354 g/mol. The van der Waals surface area contributed by atoms with Crippen LogP contribution in [0.5, 0.6) is 5.75 Å². The molecule has 4 heteroatoms. The van der Waals surface area contributed by atoms with Crippen LogP contribution in [0.25, 0.3) is 0 Å². The predicted molar refractivity (Wildman–Crippen MR) is 102 cm³/mol. The average Bonchev–Trinajstić information content (AvgIpc) is 2.52. The molecule has 0 bridgehead atoms. The predicted octanol–water partition coefficient (Wildman–Crippen LogP) is 4.92. The molecule has 0 saturated carbocycles. The van der Waals surface area contributed by atoms with Gasteiger partial charge in [0.15, 0.2) is 5.78 Å². The van der Waals surface area contributed by atoms with Crippen LogP contribution < -0.4 is 0 Å². The van der Waals surface area contributed by atoms with Crippen molar-refractivity contribution in [2.45, 2.75) is 52.4 Å². The van der Waals surface area contributed by atoms with Crippen LogP contribution in [0.3, 0.4) is 0 Å². The van der Waals surface area contributed by atoms with E-state index in [1.807, 2.05) is 41.5 Å². The van der Waals surface area contributed by atoms with Gasteiger partial charge in [0.2, 0.25) is 0 Å². The minimum absolute atomic E-state index is 0.0276. The van der Waals surface area contributed by atoms with Crippen LogP contribution in [0.2, 0.25) is 0 Å². The highest BCUT2D eigenvalue weighted by Crippen LogP contribution is 2.40. The van der Waals surface area contributed by atoms with Gasteiger partial charge in [-0.05, 0) is 29.0 Å². The third kappa shape index (κ3) is 3.79. The van der Waals surface area contributed by atoms with E-state index in [9.17, 15) is 19.8 Å². The summed E-state index contributed by atoms with van der Waals surface area (Å²) in [5.41, 5.74) is 1.10. The topological polar surface area (TPSA) is 74.6 Å². The Bertz CT molecular complexity index is 829. The zero-order valence-corrected chi connectivity index (χ0v) is 16.2. The van der Waals surface area contributed by atoms with E-state index in [4.69, 9.17) is 0 Å². The number of carboxylic acid groups (broad SMARTS) is 1. The van der Waals surface area contributed by atoms with Gasteiger partial charge in [0.05, 0.1) is 5.56 Å². The summed E-state index contributed by atoms with van der Waals surface area (Å²) < 4.78 is 0. The average molecular weight is 354 g/mol. The molecule has 0 heterocycles. The van der Waals surface area contributed by atoms with Gasteiger partial charge in [0.1, 0.15) is 5.75 Å². The summed E-state index contributed by atoms with van der Waals surface area (Å²) in [4.78, 5) is 24.6. The van der Waals surface area contributed by atoms with E-state index < -0.39 is 5.97 Å². The van der Waals surface area contributed by atoms with Gasteiger partial charge in [-0.25, -0.2) is 4.79 Å². The minimum Gasteiger partial charge on any atom is -0.507 e. The number of carbonyl (C=O) groups excluding carboxylic acids is 1. The van der Waals surface area contributed by atoms with Crippen LogP contribution in [0.4, 0.5) is 0 Å². The SMILES string of the molecule is CC(C)(C)c1cc(C(=O)c2ccccc2C(=O)O)cc(C(C)(C)C)c1O. The second-order valence-electron chi connectivity index (χ2n) is 8.60. The number of carboxylic acids is 1. The number of ketones is 1. The number of aromatic hydroxyl groups is 1. The van der Waals surface area contributed by atoms with Crippen molar-refractivity contribution in [2.24, 2.45) is 0 Å². The molecule has 0 fully saturated rings. The van der Waals surface area contributed by atoms with Crippen molar-refractivity contribution in [1.29, 1.82) is 0 Å². The Balaban J connectivity index is 2.75. The zero-order valence-electron chi connectivity index (χ0n) is 16.2. The number of hydrogen-bond acceptors (Lipinski definition) is 3. The first-order valence-corrected chi connectivity index (χ1v) is 8.59. The fourth-order valence-electron chi connectivity index (χ4n) is 2.93. The van der Waals surface area contributed by atoms with Crippen LogP contribution in [0.15, 0.2) is 36.4 Å². The zero-order chi connectivity index (χ0) is 19.9. The highest BCUT2D eigenvalue weighted by atomic mass is 16.4. The molecule has 138 valence electrons. The number of phenolic OH excluding ortho intramolecular Hbond substituents is 1. The molecule has 2 N–H and O–H groups in total. The quantitative estimate of drug-likeness (QED) is 0.768. The second-order valence-corrected chi connectivity index (χ2v) is 8.60. The summed E-state index contributed by atoms with van der Waals surface area (Å²) >= 11 is 0. The van der Waals surface area contributed by atoms with E-state index in [0.717, 1.165) is 0 Å². The molecule has 0 atom stereocenters. The summed E-state index contributed by atoms with van der Waals surface area (Å²) in [6.45, 7) is 11.8. The fraction of sp³-hybridized carbons (Fsp3) is 0.364. The molecular formula is C22H26O4. The maximum Gasteiger partial charge on any atom is 0.336 e. The summed E-state index contributed by atoms with van der Waals surface area (Å²) in [5, 5.41) is 20.2. The highest BCUT2D eigenvalue weighted by molar-refractivity contribution is 6.14. The van der Waals surface area contributed by atoms with Crippen molar-refractivity contribution in [3.8, 4) is 5.75 Å². The van der Waals surface area contributed by atoms with Gasteiger partial charge in [-0.15, -0.1) is 0 Å². The number of aromatic carboxylic acids is 1. The van der Waals surface area contributed by atoms with Crippen LogP contribution in [0, 0.1) is 0 Å². The third-order valence-corrected chi connectivity index (χ3v) is 4.39. The molecule has 0 spiro atoms.